The van der Waals surface area contributed by atoms with Crippen molar-refractivity contribution in [2.24, 2.45) is 10.8 Å². The molecule has 0 saturated heterocycles. The Morgan fingerprint density at radius 1 is 1.00 bits per heavy atom. The van der Waals surface area contributed by atoms with Crippen molar-refractivity contribution < 1.29 is 0 Å². The van der Waals surface area contributed by atoms with Crippen molar-refractivity contribution in [2.75, 3.05) is 0 Å². The molecule has 0 rings (SSSR count). The van der Waals surface area contributed by atoms with Crippen molar-refractivity contribution in [3.05, 3.63) is 0 Å². The highest BCUT2D eigenvalue weighted by Gasteiger charge is 2.24. The highest BCUT2D eigenvalue weighted by atomic mass is 14.3. The summed E-state index contributed by atoms with van der Waals surface area (Å²) in [6, 6.07) is 2.30. The normalized spacial score (nSPS) is 11.2. The van der Waals surface area contributed by atoms with Crippen LogP contribution < -0.4 is 0 Å². The minimum Gasteiger partial charge on any atom is -0.198 e. The summed E-state index contributed by atoms with van der Waals surface area (Å²) in [6.45, 7) is 14.4. The summed E-state index contributed by atoms with van der Waals surface area (Å²) in [5.41, 5.74) is 0.0947. The molecule has 1 nitrogen and oxygen atoms in total. The molecule has 0 heterocycles. The summed E-state index contributed by atoms with van der Waals surface area (Å²) in [5, 5.41) is 8.71. The molecule has 0 atom stereocenters. The van der Waals surface area contributed by atoms with Gasteiger partial charge < -0.3 is 0 Å². The van der Waals surface area contributed by atoms with E-state index in [0.717, 1.165) is 6.42 Å². The molecule has 0 aliphatic rings. The maximum atomic E-state index is 8.71. The molecule has 0 radical (unpaired) electrons. The van der Waals surface area contributed by atoms with Crippen molar-refractivity contribution in [1.82, 2.24) is 0 Å². The molecule has 72 valence electrons. The standard InChI is InChI=1S/C9H17N.C2H6/c1-8(2,3)6-9(4,5)7-10;1-2/h6H2,1-5H3;1-2H3. The van der Waals surface area contributed by atoms with Gasteiger partial charge in [0.15, 0.2) is 0 Å². The zero-order chi connectivity index (χ0) is 10.4. The van der Waals surface area contributed by atoms with E-state index < -0.39 is 0 Å². The van der Waals surface area contributed by atoms with Crippen LogP contribution >= 0.6 is 0 Å². The van der Waals surface area contributed by atoms with E-state index >= 15 is 0 Å². The van der Waals surface area contributed by atoms with Crippen molar-refractivity contribution in [1.29, 1.82) is 5.26 Å². The van der Waals surface area contributed by atoms with Crippen molar-refractivity contribution >= 4 is 0 Å². The maximum Gasteiger partial charge on any atom is 0.0684 e. The molecule has 0 unspecified atom stereocenters. The Morgan fingerprint density at radius 2 is 1.33 bits per heavy atom. The first-order valence-electron chi connectivity index (χ1n) is 4.68. The molecule has 0 aromatic carbocycles. The molecule has 0 saturated carbocycles. The average Bonchev–Trinajstić information content (AvgIpc) is 1.88. The van der Waals surface area contributed by atoms with Gasteiger partial charge in [0.05, 0.1) is 11.5 Å². The SMILES string of the molecule is CC.CC(C)(C)CC(C)(C)C#N. The van der Waals surface area contributed by atoms with Crippen LogP contribution in [0.25, 0.3) is 0 Å². The van der Waals surface area contributed by atoms with E-state index in [1.54, 1.807) is 0 Å². The van der Waals surface area contributed by atoms with Gasteiger partial charge >= 0.3 is 0 Å². The molecule has 0 N–H and O–H groups in total. The lowest BCUT2D eigenvalue weighted by molar-refractivity contribution is 0.268. The molecule has 0 aliphatic heterocycles. The number of hydrogen-bond acceptors (Lipinski definition) is 1. The van der Waals surface area contributed by atoms with Crippen LogP contribution in [0.15, 0.2) is 0 Å². The Hall–Kier alpha value is -0.510. The average molecular weight is 169 g/mol. The lowest BCUT2D eigenvalue weighted by Crippen LogP contribution is -2.18. The van der Waals surface area contributed by atoms with Crippen LogP contribution in [-0.2, 0) is 0 Å². The molecule has 1 heteroatoms. The topological polar surface area (TPSA) is 23.8 Å². The fourth-order valence-corrected chi connectivity index (χ4v) is 1.37. The van der Waals surface area contributed by atoms with Crippen LogP contribution in [0.4, 0.5) is 0 Å². The fourth-order valence-electron chi connectivity index (χ4n) is 1.37. The van der Waals surface area contributed by atoms with Crippen LogP contribution in [0.5, 0.6) is 0 Å². The number of nitriles is 1. The Kier molecular flexibility index (Phi) is 6.07. The number of hydrogen-bond donors (Lipinski definition) is 0. The molecule has 0 spiro atoms. The van der Waals surface area contributed by atoms with Gasteiger partial charge in [-0.05, 0) is 25.7 Å². The summed E-state index contributed by atoms with van der Waals surface area (Å²) < 4.78 is 0. The van der Waals surface area contributed by atoms with Crippen LogP contribution in [0.3, 0.4) is 0 Å². The zero-order valence-electron chi connectivity index (χ0n) is 9.65. The smallest absolute Gasteiger partial charge is 0.0684 e. The first-order valence-corrected chi connectivity index (χ1v) is 4.68. The van der Waals surface area contributed by atoms with Gasteiger partial charge in [0, 0.05) is 0 Å². The minimum absolute atomic E-state index is 0.168. The first-order chi connectivity index (χ1) is 5.27. The molecule has 0 amide bonds. The second kappa shape index (κ2) is 5.19. The fraction of sp³-hybridized carbons (Fsp3) is 0.909. The lowest BCUT2D eigenvalue weighted by Gasteiger charge is -2.26. The molecule has 0 aromatic rings. The summed E-state index contributed by atoms with van der Waals surface area (Å²) in [5.74, 6) is 0. The Morgan fingerprint density at radius 3 is 1.42 bits per heavy atom. The zero-order valence-corrected chi connectivity index (χ0v) is 9.65. The van der Waals surface area contributed by atoms with Gasteiger partial charge in [0.1, 0.15) is 0 Å². The van der Waals surface area contributed by atoms with Crippen molar-refractivity contribution in [3.8, 4) is 6.07 Å². The van der Waals surface area contributed by atoms with Gasteiger partial charge in [0.2, 0.25) is 0 Å². The lowest BCUT2D eigenvalue weighted by atomic mass is 9.77. The van der Waals surface area contributed by atoms with Gasteiger partial charge in [0.25, 0.3) is 0 Å². The van der Waals surface area contributed by atoms with Crippen LogP contribution in [-0.4, -0.2) is 0 Å². The molecule has 0 aromatic heterocycles. The van der Waals surface area contributed by atoms with E-state index in [1.165, 1.54) is 0 Å². The van der Waals surface area contributed by atoms with Gasteiger partial charge in [-0.1, -0.05) is 34.6 Å². The Balaban J connectivity index is 0. The molecular formula is C11H23N. The summed E-state index contributed by atoms with van der Waals surface area (Å²) in [4.78, 5) is 0. The molecule has 12 heavy (non-hydrogen) atoms. The maximum absolute atomic E-state index is 8.71. The molecule has 0 bridgehead atoms. The quantitative estimate of drug-likeness (QED) is 0.582. The number of nitrogens with zero attached hydrogens (tertiary/aromatic N) is 1. The molecular weight excluding hydrogens is 146 g/mol. The van der Waals surface area contributed by atoms with Crippen molar-refractivity contribution in [2.45, 2.75) is 54.9 Å². The third-order valence-electron chi connectivity index (χ3n) is 1.27. The van der Waals surface area contributed by atoms with Gasteiger partial charge in [-0.25, -0.2) is 0 Å². The van der Waals surface area contributed by atoms with E-state index in [4.69, 9.17) is 5.26 Å². The summed E-state index contributed by atoms with van der Waals surface area (Å²) in [6.07, 6.45) is 0.955. The number of rotatable bonds is 1. The van der Waals surface area contributed by atoms with E-state index in [-0.39, 0.29) is 10.8 Å². The van der Waals surface area contributed by atoms with E-state index in [9.17, 15) is 0 Å². The third kappa shape index (κ3) is 9.49. The Bertz CT molecular complexity index is 143. The van der Waals surface area contributed by atoms with Crippen LogP contribution in [0.1, 0.15) is 54.9 Å². The van der Waals surface area contributed by atoms with E-state index in [1.807, 2.05) is 27.7 Å². The highest BCUT2D eigenvalue weighted by Crippen LogP contribution is 2.31. The third-order valence-corrected chi connectivity index (χ3v) is 1.27. The Labute approximate surface area is 77.8 Å². The van der Waals surface area contributed by atoms with Crippen LogP contribution in [0.2, 0.25) is 0 Å². The van der Waals surface area contributed by atoms with Gasteiger partial charge in [-0.3, -0.25) is 0 Å². The predicted octanol–water partition coefficient (Wildman–Crippen LogP) is 4.00. The second-order valence-corrected chi connectivity index (χ2v) is 4.73. The molecule has 0 fully saturated rings. The van der Waals surface area contributed by atoms with E-state index in [2.05, 4.69) is 26.8 Å². The summed E-state index contributed by atoms with van der Waals surface area (Å²) >= 11 is 0. The summed E-state index contributed by atoms with van der Waals surface area (Å²) in [7, 11) is 0. The van der Waals surface area contributed by atoms with Gasteiger partial charge in [-0.15, -0.1) is 0 Å². The van der Waals surface area contributed by atoms with E-state index in [0.29, 0.717) is 0 Å². The van der Waals surface area contributed by atoms with Gasteiger partial charge in [-0.2, -0.15) is 5.26 Å². The minimum atomic E-state index is -0.168. The largest absolute Gasteiger partial charge is 0.198 e. The van der Waals surface area contributed by atoms with Crippen molar-refractivity contribution in [3.63, 3.8) is 0 Å². The molecule has 0 aliphatic carbocycles. The predicted molar refractivity (Wildman–Crippen MR) is 54.8 cm³/mol. The van der Waals surface area contributed by atoms with Crippen LogP contribution in [0, 0.1) is 22.2 Å². The first kappa shape index (κ1) is 14.0. The highest BCUT2D eigenvalue weighted by molar-refractivity contribution is 4.94. The second-order valence-electron chi connectivity index (χ2n) is 4.73. The monoisotopic (exact) mass is 169 g/mol.